The van der Waals surface area contributed by atoms with Crippen LogP contribution in [0.15, 0.2) is 36.4 Å². The van der Waals surface area contributed by atoms with Crippen LogP contribution in [-0.2, 0) is 11.2 Å². The number of nitrogens with one attached hydrogen (secondary N) is 1. The molecule has 0 spiro atoms. The Hall–Kier alpha value is -2.60. The van der Waals surface area contributed by atoms with Crippen molar-refractivity contribution in [3.63, 3.8) is 0 Å². The number of fused-ring (bicyclic) bond motifs is 4. The van der Waals surface area contributed by atoms with Crippen LogP contribution in [0.1, 0.15) is 43.9 Å². The molecule has 0 aromatic heterocycles. The zero-order valence-electron chi connectivity index (χ0n) is 19.0. The summed E-state index contributed by atoms with van der Waals surface area (Å²) < 4.78 is 24.9. The second-order valence-corrected chi connectivity index (χ2v) is 10.1. The molecule has 0 radical (unpaired) electrons. The lowest BCUT2D eigenvalue weighted by Gasteiger charge is -2.44. The molecule has 32 heavy (non-hydrogen) atoms. The van der Waals surface area contributed by atoms with Crippen molar-refractivity contribution in [1.82, 2.24) is 10.2 Å². The largest absolute Gasteiger partial charge is 0.496 e. The molecule has 5 nitrogen and oxygen atoms in total. The fourth-order valence-corrected chi connectivity index (χ4v) is 5.73. The second kappa shape index (κ2) is 8.07. The van der Waals surface area contributed by atoms with E-state index < -0.39 is 0 Å². The number of hydrogen-bond acceptors (Lipinski definition) is 4. The molecular formula is C26H31FN2O3. The van der Waals surface area contributed by atoms with Gasteiger partial charge >= 0.3 is 6.09 Å². The Morgan fingerprint density at radius 1 is 1.16 bits per heavy atom. The monoisotopic (exact) mass is 438 g/mol. The average molecular weight is 439 g/mol. The molecule has 0 saturated carbocycles. The molecule has 3 aliphatic heterocycles. The third-order valence-corrected chi connectivity index (χ3v) is 7.47. The van der Waals surface area contributed by atoms with Crippen LogP contribution in [0.2, 0.25) is 0 Å². The van der Waals surface area contributed by atoms with Crippen molar-refractivity contribution < 1.29 is 18.7 Å². The summed E-state index contributed by atoms with van der Waals surface area (Å²) >= 11 is 0. The maximum Gasteiger partial charge on any atom is 0.407 e. The molecule has 4 aliphatic rings. The highest BCUT2D eigenvalue weighted by Crippen LogP contribution is 2.47. The molecule has 3 heterocycles. The molecule has 1 aliphatic carbocycles. The van der Waals surface area contributed by atoms with Crippen LogP contribution in [0, 0.1) is 17.2 Å². The predicted molar refractivity (Wildman–Crippen MR) is 121 cm³/mol. The van der Waals surface area contributed by atoms with E-state index in [0.29, 0.717) is 11.7 Å². The Labute approximate surface area is 188 Å². The summed E-state index contributed by atoms with van der Waals surface area (Å²) in [6.45, 7) is 7.44. The first-order chi connectivity index (χ1) is 15.3. The van der Waals surface area contributed by atoms with E-state index in [-0.39, 0.29) is 29.5 Å². The van der Waals surface area contributed by atoms with Crippen LogP contribution in [0.4, 0.5) is 9.18 Å². The fourth-order valence-electron chi connectivity index (χ4n) is 5.73. The maximum atomic E-state index is 13.6. The van der Waals surface area contributed by atoms with E-state index in [1.165, 1.54) is 17.7 Å². The Morgan fingerprint density at radius 3 is 2.62 bits per heavy atom. The van der Waals surface area contributed by atoms with E-state index in [1.807, 2.05) is 6.07 Å². The van der Waals surface area contributed by atoms with Crippen LogP contribution < -0.4 is 10.1 Å². The second-order valence-electron chi connectivity index (χ2n) is 10.1. The third kappa shape index (κ3) is 3.85. The molecule has 1 N–H and O–H groups in total. The first-order valence-electron chi connectivity index (χ1n) is 11.5. The van der Waals surface area contributed by atoms with Gasteiger partial charge in [0, 0.05) is 18.2 Å². The Kier molecular flexibility index (Phi) is 5.36. The number of nitrogens with zero attached hydrogens (tertiary/aromatic N) is 1. The number of carbonyl (C=O) groups is 1. The topological polar surface area (TPSA) is 50.8 Å². The molecule has 6 heteroatoms. The zero-order chi connectivity index (χ0) is 22.5. The third-order valence-electron chi connectivity index (χ3n) is 7.47. The highest BCUT2D eigenvalue weighted by Gasteiger charge is 2.42. The van der Waals surface area contributed by atoms with Crippen LogP contribution in [0.3, 0.4) is 0 Å². The molecule has 1 unspecified atom stereocenters. The van der Waals surface area contributed by atoms with Crippen molar-refractivity contribution >= 4 is 6.09 Å². The number of piperidine rings is 3. The minimum atomic E-state index is -0.321. The Bertz CT molecular complexity index is 1030. The smallest absolute Gasteiger partial charge is 0.407 e. The molecule has 3 fully saturated rings. The van der Waals surface area contributed by atoms with Crippen LogP contribution in [-0.4, -0.2) is 43.8 Å². The van der Waals surface area contributed by atoms with E-state index in [1.54, 1.807) is 13.2 Å². The van der Waals surface area contributed by atoms with Gasteiger partial charge < -0.3 is 14.8 Å². The van der Waals surface area contributed by atoms with E-state index in [0.717, 1.165) is 55.6 Å². The number of rotatable bonds is 4. The van der Waals surface area contributed by atoms with Gasteiger partial charge in [-0.05, 0) is 72.5 Å². The van der Waals surface area contributed by atoms with Gasteiger partial charge in [-0.3, -0.25) is 4.90 Å². The minimum Gasteiger partial charge on any atom is -0.496 e. The number of alkyl carbamates (subject to hydrolysis) is 1. The normalized spacial score (nSPS) is 27.6. The molecule has 6 rings (SSSR count). The SMILES string of the molecule is COc1cc(F)ccc1-c1ccc2c(c1)CC(C)(C)C2NC(=O)O[C@H]1CN2CCC1CC2. The number of benzene rings is 2. The fraction of sp³-hybridized carbons (Fsp3) is 0.500. The summed E-state index contributed by atoms with van der Waals surface area (Å²) in [6, 6.07) is 10.7. The lowest BCUT2D eigenvalue weighted by Crippen LogP contribution is -2.53. The molecular weight excluding hydrogens is 407 g/mol. The van der Waals surface area contributed by atoms with E-state index in [9.17, 15) is 9.18 Å². The molecule has 2 bridgehead atoms. The number of ether oxygens (including phenoxy) is 2. The maximum absolute atomic E-state index is 13.6. The van der Waals surface area contributed by atoms with E-state index in [2.05, 4.69) is 36.2 Å². The van der Waals surface area contributed by atoms with Crippen LogP contribution in [0.5, 0.6) is 5.75 Å². The van der Waals surface area contributed by atoms with Gasteiger partial charge in [0.15, 0.2) is 0 Å². The summed E-state index contributed by atoms with van der Waals surface area (Å²) in [5.41, 5.74) is 4.00. The van der Waals surface area contributed by atoms with Crippen molar-refractivity contribution in [1.29, 1.82) is 0 Å². The number of amides is 1. The van der Waals surface area contributed by atoms with Gasteiger partial charge in [-0.25, -0.2) is 9.18 Å². The van der Waals surface area contributed by atoms with Crippen LogP contribution in [0.25, 0.3) is 11.1 Å². The van der Waals surface area contributed by atoms with Gasteiger partial charge in [0.2, 0.25) is 0 Å². The van der Waals surface area contributed by atoms with Gasteiger partial charge in [0.25, 0.3) is 0 Å². The quantitative estimate of drug-likeness (QED) is 0.734. The van der Waals surface area contributed by atoms with Crippen molar-refractivity contribution in [2.24, 2.45) is 11.3 Å². The summed E-state index contributed by atoms with van der Waals surface area (Å²) in [4.78, 5) is 15.2. The molecule has 1 amide bonds. The first-order valence-corrected chi connectivity index (χ1v) is 11.5. The van der Waals surface area contributed by atoms with Gasteiger partial charge in [-0.1, -0.05) is 32.0 Å². The van der Waals surface area contributed by atoms with Crippen LogP contribution >= 0.6 is 0 Å². The summed E-state index contributed by atoms with van der Waals surface area (Å²) in [7, 11) is 1.55. The van der Waals surface area contributed by atoms with Gasteiger partial charge in [-0.15, -0.1) is 0 Å². The van der Waals surface area contributed by atoms with Crippen molar-refractivity contribution in [3.05, 3.63) is 53.3 Å². The standard InChI is InChI=1S/C26H31FN2O3/c1-26(2)14-18-12-17(20-7-5-19(27)13-22(20)31-3)4-6-21(18)24(26)28-25(30)32-23-15-29-10-8-16(23)9-11-29/h4-7,12-13,16,23-24H,8-11,14-15H2,1-3H3,(H,28,30)/t23-,24?/m0/s1. The summed E-state index contributed by atoms with van der Waals surface area (Å²) in [6.07, 6.45) is 2.75. The van der Waals surface area contributed by atoms with E-state index in [4.69, 9.17) is 9.47 Å². The first kappa shape index (κ1) is 21.3. The predicted octanol–water partition coefficient (Wildman–Crippen LogP) is 4.95. The highest BCUT2D eigenvalue weighted by atomic mass is 19.1. The number of methoxy groups -OCH3 is 1. The Morgan fingerprint density at radius 2 is 1.94 bits per heavy atom. The molecule has 2 aromatic rings. The van der Waals surface area contributed by atoms with Crippen molar-refractivity contribution in [2.75, 3.05) is 26.7 Å². The number of hydrogen-bond donors (Lipinski definition) is 1. The number of halogens is 1. The van der Waals surface area contributed by atoms with Gasteiger partial charge in [0.05, 0.1) is 13.2 Å². The highest BCUT2D eigenvalue weighted by molar-refractivity contribution is 5.73. The van der Waals surface area contributed by atoms with Gasteiger partial charge in [-0.2, -0.15) is 0 Å². The molecule has 2 atom stereocenters. The molecule has 170 valence electrons. The lowest BCUT2D eigenvalue weighted by molar-refractivity contribution is -0.0348. The molecule has 2 aromatic carbocycles. The van der Waals surface area contributed by atoms with Crippen molar-refractivity contribution in [3.8, 4) is 16.9 Å². The number of carbonyl (C=O) groups excluding carboxylic acids is 1. The zero-order valence-corrected chi connectivity index (χ0v) is 19.0. The summed E-state index contributed by atoms with van der Waals surface area (Å²) in [5.74, 6) is 0.680. The lowest BCUT2D eigenvalue weighted by atomic mass is 9.85. The molecule has 3 saturated heterocycles. The summed E-state index contributed by atoms with van der Waals surface area (Å²) in [5, 5.41) is 3.17. The minimum absolute atomic E-state index is 0.00481. The van der Waals surface area contributed by atoms with Gasteiger partial charge in [0.1, 0.15) is 17.7 Å². The average Bonchev–Trinajstić information content (AvgIpc) is 3.03. The van der Waals surface area contributed by atoms with Crippen molar-refractivity contribution in [2.45, 2.75) is 45.3 Å². The Balaban J connectivity index is 1.35. The van der Waals surface area contributed by atoms with E-state index >= 15 is 0 Å².